The summed E-state index contributed by atoms with van der Waals surface area (Å²) in [6.07, 6.45) is 1.58. The summed E-state index contributed by atoms with van der Waals surface area (Å²) in [7, 11) is 0. The van der Waals surface area contributed by atoms with Crippen molar-refractivity contribution in [2.45, 2.75) is 0 Å². The molecule has 0 saturated heterocycles. The van der Waals surface area contributed by atoms with Crippen molar-refractivity contribution in [2.75, 3.05) is 0 Å². The van der Waals surface area contributed by atoms with Crippen molar-refractivity contribution in [1.82, 2.24) is 4.98 Å². The van der Waals surface area contributed by atoms with E-state index in [1.807, 2.05) is 36.4 Å². The highest BCUT2D eigenvalue weighted by molar-refractivity contribution is 9.11. The van der Waals surface area contributed by atoms with Gasteiger partial charge in [-0.1, -0.05) is 23.7 Å². The molecule has 0 spiro atoms. The Hall–Kier alpha value is -1.30. The van der Waals surface area contributed by atoms with Crippen LogP contribution in [0.4, 0.5) is 5.69 Å². The van der Waals surface area contributed by atoms with Crippen LogP contribution < -0.4 is 0 Å². The maximum absolute atomic E-state index is 10.3. The summed E-state index contributed by atoms with van der Waals surface area (Å²) in [4.78, 5) is 7.47. The van der Waals surface area contributed by atoms with E-state index in [4.69, 9.17) is 11.6 Å². The molecule has 0 unspecified atom stereocenters. The molecule has 1 aromatic heterocycles. The van der Waals surface area contributed by atoms with Gasteiger partial charge in [0.2, 0.25) is 0 Å². The number of aliphatic imine (C=N–C) groups is 1. The van der Waals surface area contributed by atoms with E-state index in [0.29, 0.717) is 16.1 Å². The smallest absolute Gasteiger partial charge is 0.151 e. The first-order valence-corrected chi connectivity index (χ1v) is 8.01. The van der Waals surface area contributed by atoms with Gasteiger partial charge in [-0.25, -0.2) is 0 Å². The van der Waals surface area contributed by atoms with Crippen LogP contribution in [0, 0.1) is 0 Å². The van der Waals surface area contributed by atoms with E-state index in [2.05, 4.69) is 41.8 Å². The first-order chi connectivity index (χ1) is 10.1. The summed E-state index contributed by atoms with van der Waals surface area (Å²) in [5.41, 5.74) is 2.05. The zero-order chi connectivity index (χ0) is 15.0. The fraction of sp³-hybridized carbons (Fsp3) is 0. The van der Waals surface area contributed by atoms with E-state index in [1.54, 1.807) is 6.21 Å². The second-order valence-corrected chi connectivity index (χ2v) is 6.47. The van der Waals surface area contributed by atoms with Gasteiger partial charge in [0.25, 0.3) is 0 Å². The lowest BCUT2D eigenvalue weighted by Gasteiger charge is -1.98. The number of aromatic hydroxyl groups is 1. The van der Waals surface area contributed by atoms with Gasteiger partial charge in [-0.15, -0.1) is 0 Å². The van der Waals surface area contributed by atoms with Gasteiger partial charge in [0, 0.05) is 8.95 Å². The van der Waals surface area contributed by atoms with Crippen LogP contribution in [0.25, 0.3) is 10.9 Å². The Labute approximate surface area is 142 Å². The van der Waals surface area contributed by atoms with Crippen LogP contribution in [0.1, 0.15) is 5.69 Å². The monoisotopic (exact) mass is 426 g/mol. The molecule has 1 heterocycles. The fourth-order valence-corrected chi connectivity index (χ4v) is 2.98. The number of aromatic amines is 1. The van der Waals surface area contributed by atoms with E-state index in [-0.39, 0.29) is 5.75 Å². The Morgan fingerprint density at radius 2 is 1.86 bits per heavy atom. The molecule has 106 valence electrons. The minimum absolute atomic E-state index is 0.0899. The molecular formula is C15H9Br2ClN2O. The highest BCUT2D eigenvalue weighted by Gasteiger charge is 2.14. The molecule has 0 aliphatic carbocycles. The van der Waals surface area contributed by atoms with Crippen molar-refractivity contribution < 1.29 is 5.11 Å². The van der Waals surface area contributed by atoms with Crippen LogP contribution in [0.3, 0.4) is 0 Å². The highest BCUT2D eigenvalue weighted by Crippen LogP contribution is 2.38. The van der Waals surface area contributed by atoms with Gasteiger partial charge in [0.05, 0.1) is 27.8 Å². The minimum atomic E-state index is 0.0899. The molecule has 2 aromatic carbocycles. The van der Waals surface area contributed by atoms with Crippen LogP contribution in [0.5, 0.6) is 5.75 Å². The number of nitrogens with one attached hydrogen (secondary N) is 1. The Bertz CT molecular complexity index is 858. The molecule has 0 saturated carbocycles. The molecule has 3 rings (SSSR count). The number of rotatable bonds is 2. The summed E-state index contributed by atoms with van der Waals surface area (Å²) in [6.45, 7) is 0. The molecule has 0 radical (unpaired) electrons. The SMILES string of the molecule is Oc1c(C=Nc2ccccc2Br)[nH]c2ccc(Br)c(Cl)c12. The van der Waals surface area contributed by atoms with E-state index < -0.39 is 0 Å². The quantitative estimate of drug-likeness (QED) is 0.498. The average molecular weight is 429 g/mol. The number of halogens is 3. The van der Waals surface area contributed by atoms with Crippen LogP contribution in [0.15, 0.2) is 50.3 Å². The predicted molar refractivity (Wildman–Crippen MR) is 94.1 cm³/mol. The van der Waals surface area contributed by atoms with E-state index in [1.165, 1.54) is 0 Å². The second kappa shape index (κ2) is 5.83. The van der Waals surface area contributed by atoms with Crippen molar-refractivity contribution in [1.29, 1.82) is 0 Å². The van der Waals surface area contributed by atoms with Crippen LogP contribution in [-0.2, 0) is 0 Å². The van der Waals surface area contributed by atoms with E-state index in [0.717, 1.165) is 20.1 Å². The fourth-order valence-electron chi connectivity index (χ4n) is 2.01. The molecule has 0 amide bonds. The van der Waals surface area contributed by atoms with Crippen LogP contribution in [-0.4, -0.2) is 16.3 Å². The Morgan fingerprint density at radius 3 is 2.62 bits per heavy atom. The number of para-hydroxylation sites is 1. The zero-order valence-corrected chi connectivity index (χ0v) is 14.5. The van der Waals surface area contributed by atoms with Gasteiger partial charge in [0.1, 0.15) is 5.69 Å². The third-order valence-electron chi connectivity index (χ3n) is 3.04. The van der Waals surface area contributed by atoms with E-state index in [9.17, 15) is 5.11 Å². The molecule has 3 nitrogen and oxygen atoms in total. The lowest BCUT2D eigenvalue weighted by Crippen LogP contribution is -1.80. The number of H-pyrrole nitrogens is 1. The second-order valence-electron chi connectivity index (χ2n) is 4.38. The van der Waals surface area contributed by atoms with Gasteiger partial charge in [0.15, 0.2) is 5.75 Å². The molecule has 21 heavy (non-hydrogen) atoms. The first kappa shape index (κ1) is 14.6. The van der Waals surface area contributed by atoms with Crippen molar-refractivity contribution in [3.8, 4) is 5.75 Å². The van der Waals surface area contributed by atoms with Gasteiger partial charge in [-0.2, -0.15) is 0 Å². The number of benzene rings is 2. The van der Waals surface area contributed by atoms with Crippen molar-refractivity contribution >= 4 is 66.3 Å². The largest absolute Gasteiger partial charge is 0.505 e. The zero-order valence-electron chi connectivity index (χ0n) is 10.6. The molecule has 0 aliphatic heterocycles. The lowest BCUT2D eigenvalue weighted by atomic mass is 10.2. The van der Waals surface area contributed by atoms with Gasteiger partial charge in [-0.3, -0.25) is 4.99 Å². The maximum atomic E-state index is 10.3. The van der Waals surface area contributed by atoms with Crippen molar-refractivity contribution in [2.24, 2.45) is 4.99 Å². The molecule has 0 bridgehead atoms. The number of nitrogens with zero attached hydrogens (tertiary/aromatic N) is 1. The van der Waals surface area contributed by atoms with Crippen LogP contribution in [0.2, 0.25) is 5.02 Å². The average Bonchev–Trinajstić information content (AvgIpc) is 2.79. The molecular weight excluding hydrogens is 419 g/mol. The minimum Gasteiger partial charge on any atom is -0.505 e. The summed E-state index contributed by atoms with van der Waals surface area (Å²) in [5.74, 6) is 0.0899. The normalized spacial score (nSPS) is 11.6. The van der Waals surface area contributed by atoms with Crippen molar-refractivity contribution in [3.05, 3.63) is 56.1 Å². The van der Waals surface area contributed by atoms with Gasteiger partial charge in [-0.05, 0) is 56.1 Å². The maximum Gasteiger partial charge on any atom is 0.151 e. The van der Waals surface area contributed by atoms with Crippen molar-refractivity contribution in [3.63, 3.8) is 0 Å². The topological polar surface area (TPSA) is 48.4 Å². The third-order valence-corrected chi connectivity index (χ3v) is 4.99. The predicted octanol–water partition coefficient (Wildman–Crippen LogP) is 5.80. The molecule has 0 fully saturated rings. The molecule has 0 aliphatic rings. The number of hydrogen-bond donors (Lipinski definition) is 2. The third kappa shape index (κ3) is 2.73. The van der Waals surface area contributed by atoms with Gasteiger partial charge < -0.3 is 10.1 Å². The molecule has 0 atom stereocenters. The summed E-state index contributed by atoms with van der Waals surface area (Å²) in [5, 5.41) is 11.4. The van der Waals surface area contributed by atoms with Gasteiger partial charge >= 0.3 is 0 Å². The molecule has 6 heteroatoms. The first-order valence-electron chi connectivity index (χ1n) is 6.05. The summed E-state index contributed by atoms with van der Waals surface area (Å²) in [6, 6.07) is 11.3. The Balaban J connectivity index is 2.08. The Kier molecular flexibility index (Phi) is 4.06. The highest BCUT2D eigenvalue weighted by atomic mass is 79.9. The molecule has 2 N–H and O–H groups in total. The lowest BCUT2D eigenvalue weighted by molar-refractivity contribution is 0.480. The Morgan fingerprint density at radius 1 is 1.10 bits per heavy atom. The molecule has 3 aromatic rings. The van der Waals surface area contributed by atoms with E-state index >= 15 is 0 Å². The summed E-state index contributed by atoms with van der Waals surface area (Å²) >= 11 is 13.0. The van der Waals surface area contributed by atoms with Crippen LogP contribution >= 0.6 is 43.5 Å². The number of aromatic nitrogens is 1. The number of fused-ring (bicyclic) bond motifs is 1. The summed E-state index contributed by atoms with van der Waals surface area (Å²) < 4.78 is 1.62. The number of hydrogen-bond acceptors (Lipinski definition) is 2. The standard InChI is InChI=1S/C15H9Br2ClN2O/c16-8-3-1-2-4-10(8)19-7-12-15(21)13-11(20-12)6-5-9(17)14(13)18/h1-7,20-21H.